The van der Waals surface area contributed by atoms with E-state index < -0.39 is 6.09 Å². The lowest BCUT2D eigenvalue weighted by molar-refractivity contribution is 0.158. The van der Waals surface area contributed by atoms with Crippen LogP contribution >= 0.6 is 12.2 Å². The van der Waals surface area contributed by atoms with E-state index in [4.69, 9.17) is 21.4 Å². The molecule has 2 heterocycles. The number of H-pyrrole nitrogens is 1. The highest BCUT2D eigenvalue weighted by Crippen LogP contribution is 2.19. The number of amides is 1. The van der Waals surface area contributed by atoms with Gasteiger partial charge < -0.3 is 14.5 Å². The zero-order valence-electron chi connectivity index (χ0n) is 10.1. The summed E-state index contributed by atoms with van der Waals surface area (Å²) in [4.78, 5) is 11.1. The molecule has 0 radical (unpaired) electrons. The summed E-state index contributed by atoms with van der Waals surface area (Å²) < 4.78 is 9.90. The molecular weight excluding hydrogens is 268 g/mol. The van der Waals surface area contributed by atoms with Crippen LogP contribution in [0, 0.1) is 0 Å². The van der Waals surface area contributed by atoms with Crippen molar-refractivity contribution in [2.45, 2.75) is 6.92 Å². The summed E-state index contributed by atoms with van der Waals surface area (Å²) in [6.07, 6.45) is 0.954. The first-order valence-electron chi connectivity index (χ1n) is 5.53. The normalized spacial score (nSPS) is 9.95. The number of ether oxygens (including phenoxy) is 1. The van der Waals surface area contributed by atoms with Crippen molar-refractivity contribution in [2.24, 2.45) is 0 Å². The van der Waals surface area contributed by atoms with Crippen LogP contribution in [0.2, 0.25) is 0 Å². The minimum absolute atomic E-state index is 0.119. The third kappa shape index (κ3) is 3.55. The van der Waals surface area contributed by atoms with Crippen molar-refractivity contribution in [1.82, 2.24) is 15.5 Å². The van der Waals surface area contributed by atoms with Gasteiger partial charge in [0, 0.05) is 6.07 Å². The fourth-order valence-electron chi connectivity index (χ4n) is 1.35. The lowest BCUT2D eigenvalue weighted by Gasteiger charge is -2.06. The van der Waals surface area contributed by atoms with Crippen molar-refractivity contribution in [3.05, 3.63) is 24.5 Å². The second kappa shape index (κ2) is 6.01. The van der Waals surface area contributed by atoms with Gasteiger partial charge in [-0.1, -0.05) is 0 Å². The van der Waals surface area contributed by atoms with Gasteiger partial charge in [0.05, 0.1) is 12.9 Å². The molecule has 8 heteroatoms. The lowest BCUT2D eigenvalue weighted by Crippen LogP contribution is -2.34. The van der Waals surface area contributed by atoms with Crippen molar-refractivity contribution >= 4 is 29.2 Å². The summed E-state index contributed by atoms with van der Waals surface area (Å²) in [5, 5.41) is 12.0. The van der Waals surface area contributed by atoms with Gasteiger partial charge in [0.15, 0.2) is 10.9 Å². The summed E-state index contributed by atoms with van der Waals surface area (Å²) in [6, 6.07) is 5.26. The van der Waals surface area contributed by atoms with Crippen LogP contribution in [0.25, 0.3) is 11.5 Å². The van der Waals surface area contributed by atoms with E-state index in [9.17, 15) is 4.79 Å². The van der Waals surface area contributed by atoms with Crippen molar-refractivity contribution in [3.8, 4) is 11.5 Å². The first-order chi connectivity index (χ1) is 9.19. The van der Waals surface area contributed by atoms with Crippen LogP contribution in [0.5, 0.6) is 0 Å². The summed E-state index contributed by atoms with van der Waals surface area (Å²) in [5.41, 5.74) is 0.631. The summed E-state index contributed by atoms with van der Waals surface area (Å²) in [6.45, 7) is 1.99. The fourth-order valence-corrected chi connectivity index (χ4v) is 1.54. The number of alkyl carbamates (subject to hydrolysis) is 1. The first kappa shape index (κ1) is 13.1. The highest BCUT2D eigenvalue weighted by Gasteiger charge is 2.09. The van der Waals surface area contributed by atoms with Gasteiger partial charge >= 0.3 is 6.09 Å². The molecule has 0 saturated carbocycles. The minimum Gasteiger partial charge on any atom is -0.463 e. The van der Waals surface area contributed by atoms with E-state index in [1.165, 1.54) is 0 Å². The number of aromatic amines is 1. The Labute approximate surface area is 114 Å². The van der Waals surface area contributed by atoms with E-state index in [0.29, 0.717) is 17.3 Å². The molecule has 0 aliphatic carbocycles. The number of carbonyl (C=O) groups excluding carboxylic acids is 1. The average Bonchev–Trinajstić information content (AvgIpc) is 2.98. The lowest BCUT2D eigenvalue weighted by atomic mass is 10.3. The SMILES string of the molecule is CCOC(=O)NC(=S)Nc1cc(-c2ccco2)n[nH]1. The molecule has 0 spiro atoms. The number of hydrogen-bond donors (Lipinski definition) is 3. The van der Waals surface area contributed by atoms with Gasteiger partial charge in [0.1, 0.15) is 11.5 Å². The average molecular weight is 280 g/mol. The molecule has 1 amide bonds. The van der Waals surface area contributed by atoms with Crippen LogP contribution in [0.1, 0.15) is 6.92 Å². The molecule has 100 valence electrons. The van der Waals surface area contributed by atoms with Gasteiger partial charge in [-0.2, -0.15) is 5.10 Å². The Hall–Kier alpha value is -2.35. The molecule has 0 fully saturated rings. The molecule has 0 aliphatic heterocycles. The number of rotatable bonds is 3. The zero-order chi connectivity index (χ0) is 13.7. The van der Waals surface area contributed by atoms with Crippen LogP contribution < -0.4 is 10.6 Å². The molecule has 0 bridgehead atoms. The van der Waals surface area contributed by atoms with Gasteiger partial charge in [-0.25, -0.2) is 4.79 Å². The topological polar surface area (TPSA) is 92.2 Å². The van der Waals surface area contributed by atoms with Crippen molar-refractivity contribution in [3.63, 3.8) is 0 Å². The minimum atomic E-state index is -0.606. The largest absolute Gasteiger partial charge is 0.463 e. The van der Waals surface area contributed by atoms with Crippen LogP contribution in [0.3, 0.4) is 0 Å². The van der Waals surface area contributed by atoms with E-state index in [1.807, 2.05) is 0 Å². The van der Waals surface area contributed by atoms with E-state index in [-0.39, 0.29) is 11.7 Å². The summed E-state index contributed by atoms with van der Waals surface area (Å²) in [5.74, 6) is 1.17. The highest BCUT2D eigenvalue weighted by atomic mass is 32.1. The maximum absolute atomic E-state index is 11.1. The predicted molar refractivity (Wildman–Crippen MR) is 72.7 cm³/mol. The smallest absolute Gasteiger partial charge is 0.413 e. The Morgan fingerprint density at radius 3 is 3.16 bits per heavy atom. The van der Waals surface area contributed by atoms with Gasteiger partial charge in [-0.3, -0.25) is 10.4 Å². The standard InChI is InChI=1S/C11H12N4O3S/c1-2-17-11(16)13-10(19)12-9-6-7(14-15-9)8-4-3-5-18-8/h3-6H,2H2,1H3,(H3,12,13,14,15,16,19). The molecule has 0 atom stereocenters. The Bertz CT molecular complexity index is 564. The number of furan rings is 1. The van der Waals surface area contributed by atoms with Crippen molar-refractivity contribution in [1.29, 1.82) is 0 Å². The molecular formula is C11H12N4O3S. The molecule has 3 N–H and O–H groups in total. The van der Waals surface area contributed by atoms with Crippen LogP contribution in [0.4, 0.5) is 10.6 Å². The van der Waals surface area contributed by atoms with Gasteiger partial charge in [0.2, 0.25) is 0 Å². The third-order valence-corrected chi connectivity index (χ3v) is 2.29. The van der Waals surface area contributed by atoms with Gasteiger partial charge in [-0.05, 0) is 31.3 Å². The number of aromatic nitrogens is 2. The van der Waals surface area contributed by atoms with E-state index in [2.05, 4.69) is 20.8 Å². The molecule has 0 aliphatic rings. The Morgan fingerprint density at radius 1 is 1.63 bits per heavy atom. The van der Waals surface area contributed by atoms with Crippen LogP contribution in [-0.4, -0.2) is 28.0 Å². The third-order valence-electron chi connectivity index (χ3n) is 2.09. The predicted octanol–water partition coefficient (Wildman–Crippen LogP) is 2.11. The summed E-state index contributed by atoms with van der Waals surface area (Å²) in [7, 11) is 0. The molecule has 0 saturated heterocycles. The Morgan fingerprint density at radius 2 is 2.47 bits per heavy atom. The van der Waals surface area contributed by atoms with E-state index in [1.54, 1.807) is 31.4 Å². The molecule has 0 unspecified atom stereocenters. The number of hydrogen-bond acceptors (Lipinski definition) is 5. The van der Waals surface area contributed by atoms with Crippen LogP contribution in [0.15, 0.2) is 28.9 Å². The van der Waals surface area contributed by atoms with E-state index >= 15 is 0 Å². The maximum Gasteiger partial charge on any atom is 0.413 e. The van der Waals surface area contributed by atoms with Crippen molar-refractivity contribution < 1.29 is 13.9 Å². The molecule has 19 heavy (non-hydrogen) atoms. The second-order valence-electron chi connectivity index (χ2n) is 3.44. The second-order valence-corrected chi connectivity index (χ2v) is 3.85. The highest BCUT2D eigenvalue weighted by molar-refractivity contribution is 7.80. The number of thiocarbonyl (C=S) groups is 1. The van der Waals surface area contributed by atoms with Crippen molar-refractivity contribution in [2.75, 3.05) is 11.9 Å². The van der Waals surface area contributed by atoms with E-state index in [0.717, 1.165) is 0 Å². The monoisotopic (exact) mass is 280 g/mol. The fraction of sp³-hybridized carbons (Fsp3) is 0.182. The Kier molecular flexibility index (Phi) is 4.14. The number of anilines is 1. The molecule has 2 aromatic heterocycles. The maximum atomic E-state index is 11.1. The van der Waals surface area contributed by atoms with Gasteiger partial charge in [-0.15, -0.1) is 0 Å². The van der Waals surface area contributed by atoms with Gasteiger partial charge in [0.25, 0.3) is 0 Å². The van der Waals surface area contributed by atoms with Crippen LogP contribution in [-0.2, 0) is 4.74 Å². The quantitative estimate of drug-likeness (QED) is 0.746. The number of carbonyl (C=O) groups is 1. The molecule has 0 aromatic carbocycles. The number of nitrogens with one attached hydrogen (secondary N) is 3. The summed E-state index contributed by atoms with van der Waals surface area (Å²) >= 11 is 4.94. The molecule has 2 rings (SSSR count). The molecule has 2 aromatic rings. The Balaban J connectivity index is 1.93. The molecule has 7 nitrogen and oxygen atoms in total. The first-order valence-corrected chi connectivity index (χ1v) is 5.94. The zero-order valence-corrected chi connectivity index (χ0v) is 10.9. The number of nitrogens with zero attached hydrogens (tertiary/aromatic N) is 1.